The van der Waals surface area contributed by atoms with Crippen molar-refractivity contribution in [1.82, 2.24) is 24.5 Å². The van der Waals surface area contributed by atoms with Crippen LogP contribution in [0.15, 0.2) is 36.5 Å². The van der Waals surface area contributed by atoms with Crippen LogP contribution >= 0.6 is 0 Å². The maximum absolute atomic E-state index is 5.94. The summed E-state index contributed by atoms with van der Waals surface area (Å²) in [7, 11) is 4.13. The number of fused-ring (bicyclic) bond motifs is 1. The van der Waals surface area contributed by atoms with Crippen molar-refractivity contribution in [1.29, 1.82) is 0 Å². The van der Waals surface area contributed by atoms with Crippen molar-refractivity contribution in [2.24, 2.45) is 0 Å². The number of nitrogens with one attached hydrogen (secondary N) is 1. The van der Waals surface area contributed by atoms with Crippen molar-refractivity contribution in [3.63, 3.8) is 0 Å². The van der Waals surface area contributed by atoms with Gasteiger partial charge in [0.15, 0.2) is 11.5 Å². The summed E-state index contributed by atoms with van der Waals surface area (Å²) >= 11 is 0. The Labute approximate surface area is 135 Å². The van der Waals surface area contributed by atoms with Gasteiger partial charge in [0.2, 0.25) is 5.95 Å². The molecule has 0 atom stereocenters. The smallest absolute Gasteiger partial charge is 0.247 e. The van der Waals surface area contributed by atoms with E-state index in [0.717, 1.165) is 30.8 Å². The molecule has 0 aliphatic carbocycles. The molecule has 0 fully saturated rings. The summed E-state index contributed by atoms with van der Waals surface area (Å²) in [6.45, 7) is 1.01. The van der Waals surface area contributed by atoms with Gasteiger partial charge in [0, 0.05) is 5.69 Å². The standard InChI is InChI=1S/C16H21N7/c1-22(2)10-6-9-13-11-18-14(17)15-20-16(21-23(13)15)19-12-7-4-3-5-8-12/h3-5,7-8,11H,6,9-10H2,1-2H3,(H2,17,18)(H,19,21). The van der Waals surface area contributed by atoms with Crippen LogP contribution in [0.5, 0.6) is 0 Å². The summed E-state index contributed by atoms with van der Waals surface area (Å²) in [5.74, 6) is 0.903. The van der Waals surface area contributed by atoms with Crippen LogP contribution in [0.3, 0.4) is 0 Å². The Kier molecular flexibility index (Phi) is 4.38. The molecule has 2 heterocycles. The second kappa shape index (κ2) is 6.62. The molecular weight excluding hydrogens is 290 g/mol. The first-order valence-corrected chi connectivity index (χ1v) is 7.60. The quantitative estimate of drug-likeness (QED) is 0.724. The van der Waals surface area contributed by atoms with Gasteiger partial charge in [-0.25, -0.2) is 9.50 Å². The number of nitrogens with two attached hydrogens (primary N) is 1. The zero-order valence-corrected chi connectivity index (χ0v) is 13.4. The van der Waals surface area contributed by atoms with E-state index in [1.165, 1.54) is 0 Å². The van der Waals surface area contributed by atoms with Crippen LogP contribution in [-0.4, -0.2) is 45.1 Å². The predicted molar refractivity (Wildman–Crippen MR) is 91.8 cm³/mol. The number of rotatable bonds is 6. The molecule has 0 aliphatic heterocycles. The Morgan fingerprint density at radius 1 is 1.22 bits per heavy atom. The minimum absolute atomic E-state index is 0.384. The highest BCUT2D eigenvalue weighted by Crippen LogP contribution is 2.17. The Hall–Kier alpha value is -2.67. The fourth-order valence-electron chi connectivity index (χ4n) is 2.39. The van der Waals surface area contributed by atoms with Crippen LogP contribution < -0.4 is 11.1 Å². The molecule has 0 aliphatic rings. The van der Waals surface area contributed by atoms with Gasteiger partial charge < -0.3 is 16.0 Å². The SMILES string of the molecule is CN(C)CCCc1cnc(N)c2nc(Nc3ccccc3)nn12. The van der Waals surface area contributed by atoms with Crippen LogP contribution in [0.25, 0.3) is 5.65 Å². The largest absolute Gasteiger partial charge is 0.381 e. The van der Waals surface area contributed by atoms with Gasteiger partial charge in [-0.3, -0.25) is 0 Å². The molecule has 0 bridgehead atoms. The summed E-state index contributed by atoms with van der Waals surface area (Å²) < 4.78 is 1.78. The molecule has 0 saturated carbocycles. The van der Waals surface area contributed by atoms with E-state index < -0.39 is 0 Å². The number of hydrogen-bond donors (Lipinski definition) is 2. The second-order valence-electron chi connectivity index (χ2n) is 5.70. The molecule has 0 amide bonds. The van der Waals surface area contributed by atoms with Gasteiger partial charge in [-0.05, 0) is 45.6 Å². The van der Waals surface area contributed by atoms with E-state index in [1.54, 1.807) is 10.7 Å². The van der Waals surface area contributed by atoms with Gasteiger partial charge in [0.1, 0.15) is 0 Å². The maximum Gasteiger partial charge on any atom is 0.247 e. The highest BCUT2D eigenvalue weighted by molar-refractivity contribution is 5.63. The molecule has 0 unspecified atom stereocenters. The molecule has 3 rings (SSSR count). The van der Waals surface area contributed by atoms with Crippen LogP contribution in [0.2, 0.25) is 0 Å². The molecule has 120 valence electrons. The third-order valence-corrected chi connectivity index (χ3v) is 3.53. The molecule has 0 radical (unpaired) electrons. The number of nitrogens with zero attached hydrogens (tertiary/aromatic N) is 5. The number of aryl methyl sites for hydroxylation is 1. The van der Waals surface area contributed by atoms with Gasteiger partial charge in [-0.15, -0.1) is 5.10 Å². The number of para-hydroxylation sites is 1. The van der Waals surface area contributed by atoms with E-state index in [2.05, 4.69) is 39.4 Å². The van der Waals surface area contributed by atoms with Crippen molar-refractivity contribution >= 4 is 23.1 Å². The van der Waals surface area contributed by atoms with E-state index in [-0.39, 0.29) is 0 Å². The van der Waals surface area contributed by atoms with Gasteiger partial charge in [0.25, 0.3) is 0 Å². The lowest BCUT2D eigenvalue weighted by Crippen LogP contribution is -2.14. The zero-order valence-electron chi connectivity index (χ0n) is 13.4. The fourth-order valence-corrected chi connectivity index (χ4v) is 2.39. The Bertz CT molecular complexity index is 780. The molecule has 1 aromatic carbocycles. The van der Waals surface area contributed by atoms with Gasteiger partial charge in [-0.1, -0.05) is 18.2 Å². The van der Waals surface area contributed by atoms with E-state index in [4.69, 9.17) is 5.73 Å². The lowest BCUT2D eigenvalue weighted by molar-refractivity contribution is 0.399. The summed E-state index contributed by atoms with van der Waals surface area (Å²) in [5.41, 5.74) is 8.47. The highest BCUT2D eigenvalue weighted by atomic mass is 15.4. The molecule has 7 nitrogen and oxygen atoms in total. The summed E-state index contributed by atoms with van der Waals surface area (Å²) in [6.07, 6.45) is 3.67. The Morgan fingerprint density at radius 2 is 2.00 bits per heavy atom. The summed E-state index contributed by atoms with van der Waals surface area (Å²) in [5, 5.41) is 7.71. The van der Waals surface area contributed by atoms with Crippen molar-refractivity contribution < 1.29 is 0 Å². The number of aromatic nitrogens is 4. The van der Waals surface area contributed by atoms with Gasteiger partial charge in [0.05, 0.1) is 11.9 Å². The molecule has 0 spiro atoms. The van der Waals surface area contributed by atoms with E-state index >= 15 is 0 Å². The second-order valence-corrected chi connectivity index (χ2v) is 5.70. The number of anilines is 3. The zero-order chi connectivity index (χ0) is 16.2. The maximum atomic E-state index is 5.94. The van der Waals surface area contributed by atoms with E-state index in [9.17, 15) is 0 Å². The van der Waals surface area contributed by atoms with Crippen molar-refractivity contribution in [2.45, 2.75) is 12.8 Å². The first-order valence-electron chi connectivity index (χ1n) is 7.60. The summed E-state index contributed by atoms with van der Waals surface area (Å²) in [4.78, 5) is 10.9. The minimum atomic E-state index is 0.384. The normalized spacial score (nSPS) is 11.3. The Balaban J connectivity index is 1.86. The fraction of sp³-hybridized carbons (Fsp3) is 0.312. The minimum Gasteiger partial charge on any atom is -0.381 e. The summed E-state index contributed by atoms with van der Waals surface area (Å²) in [6, 6.07) is 9.81. The van der Waals surface area contributed by atoms with E-state index in [1.807, 2.05) is 30.3 Å². The van der Waals surface area contributed by atoms with Crippen molar-refractivity contribution in [3.05, 3.63) is 42.2 Å². The molecular formula is C16H21N7. The van der Waals surface area contributed by atoms with Crippen LogP contribution in [0, 0.1) is 0 Å². The Morgan fingerprint density at radius 3 is 2.74 bits per heavy atom. The van der Waals surface area contributed by atoms with Crippen LogP contribution in [0.1, 0.15) is 12.1 Å². The predicted octanol–water partition coefficient (Wildman–Crippen LogP) is 1.94. The molecule has 23 heavy (non-hydrogen) atoms. The van der Waals surface area contributed by atoms with Crippen LogP contribution in [-0.2, 0) is 6.42 Å². The van der Waals surface area contributed by atoms with Gasteiger partial charge in [-0.2, -0.15) is 4.98 Å². The van der Waals surface area contributed by atoms with E-state index in [0.29, 0.717) is 17.4 Å². The third-order valence-electron chi connectivity index (χ3n) is 3.53. The molecule has 7 heteroatoms. The van der Waals surface area contributed by atoms with Crippen LogP contribution in [0.4, 0.5) is 17.5 Å². The average molecular weight is 311 g/mol. The molecule has 2 aromatic heterocycles. The lowest BCUT2D eigenvalue weighted by Gasteiger charge is -2.09. The topological polar surface area (TPSA) is 84.4 Å². The molecule has 0 saturated heterocycles. The number of hydrogen-bond acceptors (Lipinski definition) is 6. The third kappa shape index (κ3) is 3.57. The monoisotopic (exact) mass is 311 g/mol. The highest BCUT2D eigenvalue weighted by Gasteiger charge is 2.11. The molecule has 3 aromatic rings. The van der Waals surface area contributed by atoms with Gasteiger partial charge >= 0.3 is 0 Å². The lowest BCUT2D eigenvalue weighted by atomic mass is 10.2. The first-order chi connectivity index (χ1) is 11.1. The van der Waals surface area contributed by atoms with Crippen molar-refractivity contribution in [3.8, 4) is 0 Å². The average Bonchev–Trinajstić information content (AvgIpc) is 2.95. The number of nitrogen functional groups attached to an aromatic ring is 1. The number of benzene rings is 1. The van der Waals surface area contributed by atoms with Crippen molar-refractivity contribution in [2.75, 3.05) is 31.7 Å². The molecule has 3 N–H and O–H groups in total. The first kappa shape index (κ1) is 15.2.